The molecule has 0 aliphatic carbocycles. The van der Waals surface area contributed by atoms with E-state index in [0.717, 1.165) is 49.7 Å². The summed E-state index contributed by atoms with van der Waals surface area (Å²) in [5.74, 6) is 0.893. The topological polar surface area (TPSA) is 58.8 Å². The van der Waals surface area contributed by atoms with Crippen LogP contribution in [0.25, 0.3) is 0 Å². The van der Waals surface area contributed by atoms with E-state index in [9.17, 15) is 10.1 Å². The number of hydrogen-bond acceptors (Lipinski definition) is 5. The van der Waals surface area contributed by atoms with Crippen LogP contribution in [-0.4, -0.2) is 43.1 Å². The first-order chi connectivity index (χ1) is 11.7. The van der Waals surface area contributed by atoms with E-state index in [1.807, 2.05) is 24.3 Å². The summed E-state index contributed by atoms with van der Waals surface area (Å²) in [6.07, 6.45) is 0. The fourth-order valence-corrected chi connectivity index (χ4v) is 3.06. The Morgan fingerprint density at radius 1 is 1.08 bits per heavy atom. The van der Waals surface area contributed by atoms with Crippen LogP contribution in [0.1, 0.15) is 5.56 Å². The van der Waals surface area contributed by atoms with Crippen LogP contribution in [0.5, 0.6) is 5.75 Å². The van der Waals surface area contributed by atoms with Crippen molar-refractivity contribution in [1.29, 1.82) is 0 Å². The minimum absolute atomic E-state index is 0.153. The van der Waals surface area contributed by atoms with Gasteiger partial charge >= 0.3 is 0 Å². The Balaban J connectivity index is 1.61. The molecule has 1 aliphatic rings. The van der Waals surface area contributed by atoms with Gasteiger partial charge in [0, 0.05) is 44.9 Å². The van der Waals surface area contributed by atoms with E-state index in [0.29, 0.717) is 0 Å². The number of nitrogens with zero attached hydrogens (tertiary/aromatic N) is 3. The largest absolute Gasteiger partial charge is 0.495 e. The molecule has 1 heterocycles. The summed E-state index contributed by atoms with van der Waals surface area (Å²) in [5.41, 5.74) is 2.25. The lowest BCUT2D eigenvalue weighted by Gasteiger charge is -2.36. The molecule has 3 rings (SSSR count). The molecule has 0 unspecified atom stereocenters. The van der Waals surface area contributed by atoms with E-state index >= 15 is 0 Å². The molecule has 0 atom stereocenters. The Bertz CT molecular complexity index is 712. The molecule has 1 saturated heterocycles. The first-order valence-corrected chi connectivity index (χ1v) is 8.01. The van der Waals surface area contributed by atoms with Gasteiger partial charge in [0.1, 0.15) is 5.75 Å². The Morgan fingerprint density at radius 2 is 1.83 bits per heavy atom. The molecule has 1 aliphatic heterocycles. The van der Waals surface area contributed by atoms with E-state index in [-0.39, 0.29) is 10.6 Å². The molecule has 126 valence electrons. The predicted octanol–water partition coefficient (Wildman–Crippen LogP) is 2.93. The number of methoxy groups -OCH3 is 1. The number of ether oxygens (including phenoxy) is 1. The second-order valence-corrected chi connectivity index (χ2v) is 5.86. The molecular formula is C18H21N3O3. The minimum atomic E-state index is -0.344. The third-order valence-electron chi connectivity index (χ3n) is 4.33. The predicted molar refractivity (Wildman–Crippen MR) is 93.6 cm³/mol. The Morgan fingerprint density at radius 3 is 2.54 bits per heavy atom. The number of rotatable bonds is 5. The summed E-state index contributed by atoms with van der Waals surface area (Å²) < 4.78 is 5.44. The third kappa shape index (κ3) is 3.65. The number of piperazine rings is 1. The van der Waals surface area contributed by atoms with Gasteiger partial charge in [-0.25, -0.2) is 0 Å². The van der Waals surface area contributed by atoms with Crippen LogP contribution in [0.3, 0.4) is 0 Å². The summed E-state index contributed by atoms with van der Waals surface area (Å²) in [7, 11) is 1.69. The second-order valence-electron chi connectivity index (χ2n) is 5.86. The van der Waals surface area contributed by atoms with Crippen LogP contribution in [0.4, 0.5) is 11.4 Å². The van der Waals surface area contributed by atoms with Gasteiger partial charge in [0.05, 0.1) is 17.7 Å². The molecule has 6 heteroatoms. The quantitative estimate of drug-likeness (QED) is 0.624. The highest BCUT2D eigenvalue weighted by molar-refractivity contribution is 5.58. The normalized spacial score (nSPS) is 15.3. The van der Waals surface area contributed by atoms with Gasteiger partial charge in [0.25, 0.3) is 5.69 Å². The highest BCUT2D eigenvalue weighted by Gasteiger charge is 2.20. The lowest BCUT2D eigenvalue weighted by atomic mass is 10.1. The number of nitro groups is 1. The molecule has 0 N–H and O–H groups in total. The van der Waals surface area contributed by atoms with Gasteiger partial charge in [-0.3, -0.25) is 15.0 Å². The Kier molecular flexibility index (Phi) is 4.96. The third-order valence-corrected chi connectivity index (χ3v) is 4.33. The molecule has 0 amide bonds. The lowest BCUT2D eigenvalue weighted by molar-refractivity contribution is -0.384. The molecule has 6 nitrogen and oxygen atoms in total. The van der Waals surface area contributed by atoms with Gasteiger partial charge in [-0.1, -0.05) is 24.3 Å². The highest BCUT2D eigenvalue weighted by Crippen LogP contribution is 2.28. The lowest BCUT2D eigenvalue weighted by Crippen LogP contribution is -2.46. The van der Waals surface area contributed by atoms with Crippen LogP contribution >= 0.6 is 0 Å². The average Bonchev–Trinajstić information content (AvgIpc) is 2.62. The van der Waals surface area contributed by atoms with E-state index < -0.39 is 0 Å². The molecule has 0 saturated carbocycles. The van der Waals surface area contributed by atoms with Gasteiger partial charge in [-0.2, -0.15) is 0 Å². The van der Waals surface area contributed by atoms with Crippen LogP contribution in [0, 0.1) is 10.1 Å². The average molecular weight is 327 g/mol. The summed E-state index contributed by atoms with van der Waals surface area (Å²) in [6.45, 7) is 4.40. The van der Waals surface area contributed by atoms with Gasteiger partial charge in [-0.05, 0) is 17.7 Å². The number of non-ortho nitro benzene ring substituents is 1. The number of anilines is 1. The SMILES string of the molecule is COc1ccccc1N1CCN(Cc2cccc([N+](=O)[O-])c2)CC1. The van der Waals surface area contributed by atoms with E-state index in [1.54, 1.807) is 19.2 Å². The zero-order valence-corrected chi connectivity index (χ0v) is 13.7. The Hall–Kier alpha value is -2.60. The van der Waals surface area contributed by atoms with Crippen molar-refractivity contribution >= 4 is 11.4 Å². The van der Waals surface area contributed by atoms with Crippen molar-refractivity contribution in [3.63, 3.8) is 0 Å². The summed E-state index contributed by atoms with van der Waals surface area (Å²) in [6, 6.07) is 14.9. The maximum atomic E-state index is 10.9. The number of benzene rings is 2. The molecule has 0 spiro atoms. The van der Waals surface area contributed by atoms with Gasteiger partial charge in [0.2, 0.25) is 0 Å². The summed E-state index contributed by atoms with van der Waals surface area (Å²) in [4.78, 5) is 15.2. The van der Waals surface area contributed by atoms with Crippen molar-refractivity contribution in [2.75, 3.05) is 38.2 Å². The zero-order valence-electron chi connectivity index (χ0n) is 13.7. The zero-order chi connectivity index (χ0) is 16.9. The maximum Gasteiger partial charge on any atom is 0.269 e. The van der Waals surface area contributed by atoms with Crippen LogP contribution in [0.15, 0.2) is 48.5 Å². The van der Waals surface area contributed by atoms with Crippen LogP contribution in [-0.2, 0) is 6.54 Å². The van der Waals surface area contributed by atoms with Crippen LogP contribution in [0.2, 0.25) is 0 Å². The standard InChI is InChI=1S/C18H21N3O3/c1-24-18-8-3-2-7-17(18)20-11-9-19(10-12-20)14-15-5-4-6-16(13-15)21(22)23/h2-8,13H,9-12,14H2,1H3. The van der Waals surface area contributed by atoms with Gasteiger partial charge in [-0.15, -0.1) is 0 Å². The molecule has 24 heavy (non-hydrogen) atoms. The molecule has 0 aromatic heterocycles. The maximum absolute atomic E-state index is 10.9. The highest BCUT2D eigenvalue weighted by atomic mass is 16.6. The van der Waals surface area contributed by atoms with E-state index in [2.05, 4.69) is 15.9 Å². The summed E-state index contributed by atoms with van der Waals surface area (Å²) in [5, 5.41) is 10.9. The van der Waals surface area contributed by atoms with E-state index in [4.69, 9.17) is 4.74 Å². The van der Waals surface area contributed by atoms with Crippen molar-refractivity contribution in [2.45, 2.75) is 6.54 Å². The minimum Gasteiger partial charge on any atom is -0.495 e. The summed E-state index contributed by atoms with van der Waals surface area (Å²) >= 11 is 0. The van der Waals surface area contributed by atoms with Gasteiger partial charge in [0.15, 0.2) is 0 Å². The van der Waals surface area contributed by atoms with Crippen molar-refractivity contribution < 1.29 is 9.66 Å². The first-order valence-electron chi connectivity index (χ1n) is 8.01. The van der Waals surface area contributed by atoms with Crippen molar-refractivity contribution in [3.05, 3.63) is 64.2 Å². The molecule has 0 radical (unpaired) electrons. The monoisotopic (exact) mass is 327 g/mol. The smallest absolute Gasteiger partial charge is 0.269 e. The van der Waals surface area contributed by atoms with Gasteiger partial charge < -0.3 is 9.64 Å². The number of para-hydroxylation sites is 2. The van der Waals surface area contributed by atoms with Crippen molar-refractivity contribution in [3.8, 4) is 5.75 Å². The van der Waals surface area contributed by atoms with Crippen molar-refractivity contribution in [2.24, 2.45) is 0 Å². The number of nitro benzene ring substituents is 1. The second kappa shape index (κ2) is 7.31. The molecule has 2 aromatic rings. The molecule has 0 bridgehead atoms. The van der Waals surface area contributed by atoms with Crippen LogP contribution < -0.4 is 9.64 Å². The molecule has 1 fully saturated rings. The molecule has 2 aromatic carbocycles. The fraction of sp³-hybridized carbons (Fsp3) is 0.333. The Labute approximate surface area is 141 Å². The molecular weight excluding hydrogens is 306 g/mol. The number of hydrogen-bond donors (Lipinski definition) is 0. The van der Waals surface area contributed by atoms with E-state index in [1.165, 1.54) is 6.07 Å². The fourth-order valence-electron chi connectivity index (χ4n) is 3.06. The first kappa shape index (κ1) is 16.3. The van der Waals surface area contributed by atoms with Crippen molar-refractivity contribution in [1.82, 2.24) is 4.90 Å².